The number of hydrogen-bond donors (Lipinski definition) is 2. The van der Waals surface area contributed by atoms with E-state index in [0.717, 1.165) is 71.7 Å². The van der Waals surface area contributed by atoms with E-state index in [1.165, 1.54) is 17.4 Å². The van der Waals surface area contributed by atoms with Crippen LogP contribution in [0.3, 0.4) is 0 Å². The smallest absolute Gasteiger partial charge is 0.265 e. The molecule has 234 valence electrons. The molecule has 2 aliphatic heterocycles. The zero-order valence-electron chi connectivity index (χ0n) is 25.3. The Morgan fingerprint density at radius 1 is 1.04 bits per heavy atom. The maximum absolute atomic E-state index is 15.4. The molecule has 5 heterocycles. The molecule has 10 heteroatoms. The van der Waals surface area contributed by atoms with Crippen molar-refractivity contribution in [3.63, 3.8) is 0 Å². The summed E-state index contributed by atoms with van der Waals surface area (Å²) in [4.78, 5) is 30.3. The summed E-state index contributed by atoms with van der Waals surface area (Å²) in [6, 6.07) is 16.5. The molecule has 1 saturated carbocycles. The Bertz CT molecular complexity index is 1930. The molecule has 0 spiro atoms. The highest BCUT2D eigenvalue weighted by molar-refractivity contribution is 6.09. The molecular weight excluding hydrogens is 585 g/mol. The standard InChI is InChI=1S/C36H34FN5O4/c37-29-17-23(22-5-6-22)18-33-34(29)36(44)42(14-16-46-33)32-4-1-3-25(28(32)21-43)26-9-10-38-35-27(26)19-31(40-35)30-8-7-24(20-39-30)45-15-13-41-11-2-12-41/h1,3-4,7-10,17-20,22,43H,2,5-6,11-16,21H2,(H,38,40). The number of aromatic nitrogens is 3. The highest BCUT2D eigenvalue weighted by Gasteiger charge is 2.33. The van der Waals surface area contributed by atoms with Gasteiger partial charge in [0, 0.05) is 23.7 Å². The number of aromatic amines is 1. The van der Waals surface area contributed by atoms with E-state index in [9.17, 15) is 9.90 Å². The number of carbonyl (C=O) groups is 1. The van der Waals surface area contributed by atoms with Gasteiger partial charge in [0.05, 0.1) is 36.4 Å². The number of rotatable bonds is 9. The average molecular weight is 620 g/mol. The average Bonchev–Trinajstić information content (AvgIpc) is 3.84. The van der Waals surface area contributed by atoms with Crippen LogP contribution in [0.2, 0.25) is 0 Å². The third kappa shape index (κ3) is 5.27. The van der Waals surface area contributed by atoms with Gasteiger partial charge in [-0.15, -0.1) is 0 Å². The maximum Gasteiger partial charge on any atom is 0.265 e. The van der Waals surface area contributed by atoms with Crippen molar-refractivity contribution in [2.45, 2.75) is 31.8 Å². The van der Waals surface area contributed by atoms with Gasteiger partial charge in [-0.25, -0.2) is 9.37 Å². The van der Waals surface area contributed by atoms with Crippen molar-refractivity contribution in [1.29, 1.82) is 0 Å². The molecule has 1 aliphatic carbocycles. The first-order valence-electron chi connectivity index (χ1n) is 15.9. The van der Waals surface area contributed by atoms with Crippen LogP contribution in [0.5, 0.6) is 11.5 Å². The summed E-state index contributed by atoms with van der Waals surface area (Å²) >= 11 is 0. The Labute approximate surface area is 265 Å². The number of fused-ring (bicyclic) bond motifs is 2. The van der Waals surface area contributed by atoms with Crippen LogP contribution < -0.4 is 14.4 Å². The summed E-state index contributed by atoms with van der Waals surface area (Å²) in [6.07, 6.45) is 6.74. The summed E-state index contributed by atoms with van der Waals surface area (Å²) in [5, 5.41) is 11.5. The minimum absolute atomic E-state index is 0.0715. The number of carbonyl (C=O) groups excluding carboxylic acids is 1. The molecule has 0 bridgehead atoms. The zero-order chi connectivity index (χ0) is 31.2. The molecule has 1 amide bonds. The number of amides is 1. The lowest BCUT2D eigenvalue weighted by Crippen LogP contribution is -2.39. The van der Waals surface area contributed by atoms with E-state index in [2.05, 4.69) is 19.9 Å². The highest BCUT2D eigenvalue weighted by Crippen LogP contribution is 2.43. The van der Waals surface area contributed by atoms with Crippen molar-refractivity contribution in [3.8, 4) is 34.0 Å². The van der Waals surface area contributed by atoms with Crippen LogP contribution in [0, 0.1) is 5.82 Å². The molecule has 8 rings (SSSR count). The number of pyridine rings is 2. The second-order valence-electron chi connectivity index (χ2n) is 12.1. The number of aliphatic hydroxyl groups is 1. The fourth-order valence-electron chi connectivity index (χ4n) is 6.46. The molecule has 2 aromatic carbocycles. The quantitative estimate of drug-likeness (QED) is 0.211. The van der Waals surface area contributed by atoms with Gasteiger partial charge in [0.15, 0.2) is 0 Å². The van der Waals surface area contributed by atoms with Crippen LogP contribution in [0.25, 0.3) is 33.5 Å². The van der Waals surface area contributed by atoms with E-state index in [4.69, 9.17) is 9.47 Å². The SMILES string of the molecule is O=C1c2c(F)cc(C3CC3)cc2OCCN1c1cccc(-c2ccnc3[nH]c(-c4ccc(OCCN5CCC5)cn4)cc23)c1CO. The van der Waals surface area contributed by atoms with Crippen molar-refractivity contribution in [2.75, 3.05) is 44.3 Å². The topological polar surface area (TPSA) is 104 Å². The Balaban J connectivity index is 1.10. The first-order valence-corrected chi connectivity index (χ1v) is 15.9. The molecule has 5 aromatic rings. The number of H-pyrrole nitrogens is 1. The Hall–Kier alpha value is -4.80. The third-order valence-corrected chi connectivity index (χ3v) is 9.22. The van der Waals surface area contributed by atoms with E-state index in [1.807, 2.05) is 42.5 Å². The van der Waals surface area contributed by atoms with Gasteiger partial charge in [0.2, 0.25) is 0 Å². The minimum atomic E-state index is -0.575. The largest absolute Gasteiger partial charge is 0.491 e. The molecule has 0 unspecified atom stereocenters. The molecule has 2 fully saturated rings. The first kappa shape index (κ1) is 28.7. The number of hydrogen-bond acceptors (Lipinski definition) is 7. The summed E-state index contributed by atoms with van der Waals surface area (Å²) in [7, 11) is 0. The van der Waals surface area contributed by atoms with Gasteiger partial charge in [-0.05, 0) is 97.4 Å². The van der Waals surface area contributed by atoms with Gasteiger partial charge in [0.1, 0.15) is 41.7 Å². The van der Waals surface area contributed by atoms with E-state index in [-0.39, 0.29) is 31.1 Å². The van der Waals surface area contributed by atoms with Crippen molar-refractivity contribution in [2.24, 2.45) is 0 Å². The van der Waals surface area contributed by atoms with Gasteiger partial charge in [-0.1, -0.05) is 12.1 Å². The van der Waals surface area contributed by atoms with Crippen molar-refractivity contribution >= 4 is 22.6 Å². The number of anilines is 1. The number of halogens is 1. The van der Waals surface area contributed by atoms with Crippen LogP contribution in [-0.4, -0.2) is 70.3 Å². The number of likely N-dealkylation sites (tertiary alicyclic amines) is 1. The summed E-state index contributed by atoms with van der Waals surface area (Å²) in [6.45, 7) is 3.92. The van der Waals surface area contributed by atoms with E-state index < -0.39 is 11.7 Å². The molecule has 9 nitrogen and oxygen atoms in total. The van der Waals surface area contributed by atoms with Crippen molar-refractivity contribution in [3.05, 3.63) is 89.5 Å². The number of aliphatic hydroxyl groups excluding tert-OH is 1. The van der Waals surface area contributed by atoms with Crippen LogP contribution >= 0.6 is 0 Å². The monoisotopic (exact) mass is 619 g/mol. The van der Waals surface area contributed by atoms with E-state index >= 15 is 4.39 Å². The lowest BCUT2D eigenvalue weighted by atomic mass is 9.96. The maximum atomic E-state index is 15.4. The van der Waals surface area contributed by atoms with Crippen LogP contribution in [0.15, 0.2) is 67.0 Å². The summed E-state index contributed by atoms with van der Waals surface area (Å²) in [5.41, 5.74) is 5.67. The van der Waals surface area contributed by atoms with Crippen molar-refractivity contribution < 1.29 is 23.8 Å². The normalized spacial score (nSPS) is 16.6. The lowest BCUT2D eigenvalue weighted by Gasteiger charge is -2.30. The van der Waals surface area contributed by atoms with E-state index in [1.54, 1.807) is 18.5 Å². The van der Waals surface area contributed by atoms with Gasteiger partial charge >= 0.3 is 0 Å². The molecular formula is C36H34FN5O4. The third-order valence-electron chi connectivity index (χ3n) is 9.22. The van der Waals surface area contributed by atoms with Crippen LogP contribution in [0.4, 0.5) is 10.1 Å². The number of nitrogens with zero attached hydrogens (tertiary/aromatic N) is 4. The van der Waals surface area contributed by atoms with Crippen molar-refractivity contribution in [1.82, 2.24) is 19.9 Å². The van der Waals surface area contributed by atoms with Gasteiger partial charge in [0.25, 0.3) is 5.91 Å². The molecule has 3 aromatic heterocycles. The van der Waals surface area contributed by atoms with Crippen LogP contribution in [0.1, 0.15) is 46.7 Å². The number of nitrogens with one attached hydrogen (secondary N) is 1. The minimum Gasteiger partial charge on any atom is -0.491 e. The molecule has 0 radical (unpaired) electrons. The molecule has 0 atom stereocenters. The Kier molecular flexibility index (Phi) is 7.38. The molecule has 1 saturated heterocycles. The number of ether oxygens (including phenoxy) is 2. The summed E-state index contributed by atoms with van der Waals surface area (Å²) < 4.78 is 27.2. The second kappa shape index (κ2) is 11.9. The van der Waals surface area contributed by atoms with Gasteiger partial charge in [-0.3, -0.25) is 14.7 Å². The Morgan fingerprint density at radius 3 is 2.70 bits per heavy atom. The number of benzene rings is 2. The fourth-order valence-corrected chi connectivity index (χ4v) is 6.46. The van der Waals surface area contributed by atoms with Gasteiger partial charge < -0.3 is 24.5 Å². The predicted molar refractivity (Wildman–Crippen MR) is 173 cm³/mol. The molecule has 46 heavy (non-hydrogen) atoms. The highest BCUT2D eigenvalue weighted by atomic mass is 19.1. The second-order valence-corrected chi connectivity index (χ2v) is 12.1. The molecule has 2 N–H and O–H groups in total. The first-order chi connectivity index (χ1) is 22.6. The predicted octanol–water partition coefficient (Wildman–Crippen LogP) is 5.92. The fraction of sp³-hybridized carbons (Fsp3) is 0.306. The van der Waals surface area contributed by atoms with Crippen LogP contribution in [-0.2, 0) is 6.61 Å². The molecule has 3 aliphatic rings. The van der Waals surface area contributed by atoms with Gasteiger partial charge in [-0.2, -0.15) is 0 Å². The lowest BCUT2D eigenvalue weighted by molar-refractivity contribution is 0.0985. The Morgan fingerprint density at radius 2 is 1.93 bits per heavy atom. The summed E-state index contributed by atoms with van der Waals surface area (Å²) in [5.74, 6) is 0.279. The zero-order valence-corrected chi connectivity index (χ0v) is 25.3. The van der Waals surface area contributed by atoms with E-state index in [0.29, 0.717) is 29.4 Å².